The van der Waals surface area contributed by atoms with Crippen molar-refractivity contribution in [2.24, 2.45) is 0 Å². The van der Waals surface area contributed by atoms with Gasteiger partial charge in [0.2, 0.25) is 5.91 Å². The molecule has 1 aromatic heterocycles. The third-order valence-electron chi connectivity index (χ3n) is 2.83. The van der Waals surface area contributed by atoms with E-state index in [-0.39, 0.29) is 16.2 Å². The van der Waals surface area contributed by atoms with Crippen molar-refractivity contribution in [3.63, 3.8) is 0 Å². The number of anilines is 1. The molecule has 0 atom stereocenters. The summed E-state index contributed by atoms with van der Waals surface area (Å²) < 4.78 is 0. The summed E-state index contributed by atoms with van der Waals surface area (Å²) in [5, 5.41) is 10.9. The number of carbonyl (C=O) groups is 1. The van der Waals surface area contributed by atoms with Gasteiger partial charge in [0.1, 0.15) is 0 Å². The van der Waals surface area contributed by atoms with Crippen LogP contribution in [0.1, 0.15) is 19.3 Å². The highest BCUT2D eigenvalue weighted by molar-refractivity contribution is 6.33. The Kier molecular flexibility index (Phi) is 4.60. The van der Waals surface area contributed by atoms with E-state index in [4.69, 9.17) is 23.2 Å². The summed E-state index contributed by atoms with van der Waals surface area (Å²) in [5.74, 6) is 0.171. The predicted octanol–water partition coefficient (Wildman–Crippen LogP) is 2.21. The fourth-order valence-corrected chi connectivity index (χ4v) is 2.21. The van der Waals surface area contributed by atoms with Crippen LogP contribution in [0.2, 0.25) is 10.3 Å². The lowest BCUT2D eigenvalue weighted by molar-refractivity contribution is -0.129. The summed E-state index contributed by atoms with van der Waals surface area (Å²) in [6.45, 7) is 2.27. The van der Waals surface area contributed by atoms with Crippen molar-refractivity contribution >= 4 is 34.8 Å². The molecule has 0 bridgehead atoms. The Bertz CT molecular complexity index is 435. The molecule has 98 valence electrons. The van der Waals surface area contributed by atoms with Gasteiger partial charge in [-0.15, -0.1) is 10.2 Å². The van der Waals surface area contributed by atoms with Crippen molar-refractivity contribution in [2.45, 2.75) is 19.3 Å². The minimum atomic E-state index is 0.171. The number of carbonyl (C=O) groups excluding carboxylic acids is 1. The third kappa shape index (κ3) is 3.46. The quantitative estimate of drug-likeness (QED) is 0.923. The zero-order valence-corrected chi connectivity index (χ0v) is 11.3. The van der Waals surface area contributed by atoms with Crippen molar-refractivity contribution < 1.29 is 4.79 Å². The molecule has 0 unspecified atom stereocenters. The highest BCUT2D eigenvalue weighted by Crippen LogP contribution is 2.20. The van der Waals surface area contributed by atoms with E-state index in [0.29, 0.717) is 18.7 Å². The van der Waals surface area contributed by atoms with Crippen molar-refractivity contribution in [1.29, 1.82) is 0 Å². The van der Waals surface area contributed by atoms with Crippen LogP contribution in [-0.4, -0.2) is 40.6 Å². The number of rotatable bonds is 4. The maximum absolute atomic E-state index is 11.8. The van der Waals surface area contributed by atoms with E-state index >= 15 is 0 Å². The SMILES string of the molecule is O=C(CCNc1cc(Cl)nnc1Cl)N1CCCC1. The molecule has 0 spiro atoms. The number of hydrogen-bond donors (Lipinski definition) is 1. The van der Waals surface area contributed by atoms with E-state index in [1.165, 1.54) is 0 Å². The Morgan fingerprint density at radius 3 is 2.78 bits per heavy atom. The fraction of sp³-hybridized carbons (Fsp3) is 0.545. The molecule has 1 amide bonds. The van der Waals surface area contributed by atoms with Crippen LogP contribution in [0, 0.1) is 0 Å². The smallest absolute Gasteiger partial charge is 0.224 e. The number of nitrogens with zero attached hydrogens (tertiary/aromatic N) is 3. The van der Waals surface area contributed by atoms with Gasteiger partial charge in [-0.3, -0.25) is 4.79 Å². The van der Waals surface area contributed by atoms with E-state index in [9.17, 15) is 4.79 Å². The Labute approximate surface area is 115 Å². The summed E-state index contributed by atoms with van der Waals surface area (Å²) in [6.07, 6.45) is 2.65. The number of hydrogen-bond acceptors (Lipinski definition) is 4. The lowest BCUT2D eigenvalue weighted by atomic mass is 10.3. The highest BCUT2D eigenvalue weighted by atomic mass is 35.5. The van der Waals surface area contributed by atoms with E-state index < -0.39 is 0 Å². The van der Waals surface area contributed by atoms with Gasteiger partial charge in [-0.25, -0.2) is 0 Å². The summed E-state index contributed by atoms with van der Waals surface area (Å²) in [5.41, 5.74) is 0.603. The monoisotopic (exact) mass is 288 g/mol. The highest BCUT2D eigenvalue weighted by Gasteiger charge is 2.17. The van der Waals surface area contributed by atoms with E-state index in [1.807, 2.05) is 4.90 Å². The van der Waals surface area contributed by atoms with Gasteiger partial charge in [0.05, 0.1) is 5.69 Å². The van der Waals surface area contributed by atoms with E-state index in [2.05, 4.69) is 15.5 Å². The van der Waals surface area contributed by atoms with E-state index in [0.717, 1.165) is 25.9 Å². The molecule has 0 aliphatic carbocycles. The first-order valence-electron chi connectivity index (χ1n) is 5.87. The van der Waals surface area contributed by atoms with Gasteiger partial charge in [-0.2, -0.15) is 0 Å². The van der Waals surface area contributed by atoms with Gasteiger partial charge in [-0.05, 0) is 12.8 Å². The molecule has 0 radical (unpaired) electrons. The molecule has 1 N–H and O–H groups in total. The second kappa shape index (κ2) is 6.20. The predicted molar refractivity (Wildman–Crippen MR) is 71.0 cm³/mol. The molecule has 7 heteroatoms. The number of nitrogens with one attached hydrogen (secondary N) is 1. The zero-order valence-electron chi connectivity index (χ0n) is 9.83. The Morgan fingerprint density at radius 1 is 1.33 bits per heavy atom. The van der Waals surface area contributed by atoms with Crippen LogP contribution in [0.3, 0.4) is 0 Å². The van der Waals surface area contributed by atoms with Gasteiger partial charge >= 0.3 is 0 Å². The summed E-state index contributed by atoms with van der Waals surface area (Å²) in [7, 11) is 0. The Morgan fingerprint density at radius 2 is 2.06 bits per heavy atom. The molecule has 1 fully saturated rings. The molecule has 18 heavy (non-hydrogen) atoms. The molecular formula is C11H14Cl2N4O. The summed E-state index contributed by atoms with van der Waals surface area (Å²) in [6, 6.07) is 1.59. The first-order valence-corrected chi connectivity index (χ1v) is 6.63. The molecule has 1 aliphatic rings. The van der Waals surface area contributed by atoms with Crippen molar-refractivity contribution in [1.82, 2.24) is 15.1 Å². The fourth-order valence-electron chi connectivity index (χ4n) is 1.91. The third-order valence-corrected chi connectivity index (χ3v) is 3.30. The molecule has 2 heterocycles. The molecule has 1 aliphatic heterocycles. The largest absolute Gasteiger partial charge is 0.382 e. The van der Waals surface area contributed by atoms with Crippen LogP contribution in [-0.2, 0) is 4.79 Å². The standard InChI is InChI=1S/C11H14Cl2N4O/c12-9-7-8(11(13)16-15-9)14-4-3-10(18)17-5-1-2-6-17/h7H,1-6H2,(H,14,15). The zero-order chi connectivity index (χ0) is 13.0. The van der Waals surface area contributed by atoms with Crippen LogP contribution in [0.5, 0.6) is 0 Å². The molecule has 0 aromatic carbocycles. The second-order valence-electron chi connectivity index (χ2n) is 4.14. The number of amides is 1. The first-order chi connectivity index (χ1) is 8.66. The van der Waals surface area contributed by atoms with Gasteiger partial charge in [-0.1, -0.05) is 23.2 Å². The summed E-state index contributed by atoms with van der Waals surface area (Å²) >= 11 is 11.6. The topological polar surface area (TPSA) is 58.1 Å². The molecule has 1 saturated heterocycles. The van der Waals surface area contributed by atoms with Gasteiger partial charge < -0.3 is 10.2 Å². The average Bonchev–Trinajstić information content (AvgIpc) is 2.87. The van der Waals surface area contributed by atoms with Gasteiger partial charge in [0.15, 0.2) is 10.3 Å². The number of halogens is 2. The summed E-state index contributed by atoms with van der Waals surface area (Å²) in [4.78, 5) is 13.7. The number of likely N-dealkylation sites (tertiary alicyclic amines) is 1. The number of aromatic nitrogens is 2. The minimum Gasteiger partial charge on any atom is -0.382 e. The normalized spacial score (nSPS) is 14.9. The van der Waals surface area contributed by atoms with Crippen LogP contribution in [0.15, 0.2) is 6.07 Å². The van der Waals surface area contributed by atoms with Crippen LogP contribution in [0.4, 0.5) is 5.69 Å². The van der Waals surface area contributed by atoms with E-state index in [1.54, 1.807) is 6.07 Å². The lowest BCUT2D eigenvalue weighted by Crippen LogP contribution is -2.29. The molecular weight excluding hydrogens is 275 g/mol. The Balaban J connectivity index is 1.81. The van der Waals surface area contributed by atoms with Crippen LogP contribution >= 0.6 is 23.2 Å². The minimum absolute atomic E-state index is 0.171. The average molecular weight is 289 g/mol. The van der Waals surface area contributed by atoms with Crippen LogP contribution < -0.4 is 5.32 Å². The van der Waals surface area contributed by atoms with Crippen molar-refractivity contribution in [2.75, 3.05) is 25.0 Å². The molecule has 5 nitrogen and oxygen atoms in total. The lowest BCUT2D eigenvalue weighted by Gasteiger charge is -2.15. The van der Waals surface area contributed by atoms with Crippen molar-refractivity contribution in [3.05, 3.63) is 16.4 Å². The van der Waals surface area contributed by atoms with Crippen molar-refractivity contribution in [3.8, 4) is 0 Å². The second-order valence-corrected chi connectivity index (χ2v) is 4.88. The maximum atomic E-state index is 11.8. The Hall–Kier alpha value is -1.07. The molecule has 0 saturated carbocycles. The van der Waals surface area contributed by atoms with Crippen LogP contribution in [0.25, 0.3) is 0 Å². The first kappa shape index (κ1) is 13.4. The molecule has 2 rings (SSSR count). The van der Waals surface area contributed by atoms with Gasteiger partial charge in [0, 0.05) is 32.1 Å². The molecule has 1 aromatic rings. The maximum Gasteiger partial charge on any atom is 0.224 e. The van der Waals surface area contributed by atoms with Gasteiger partial charge in [0.25, 0.3) is 0 Å².